The molecule has 12 heavy (non-hydrogen) atoms. The summed E-state index contributed by atoms with van der Waals surface area (Å²) in [6, 6.07) is 8.12. The second-order valence-corrected chi connectivity index (χ2v) is 2.68. The van der Waals surface area contributed by atoms with E-state index in [2.05, 4.69) is 25.6 Å². The lowest BCUT2D eigenvalue weighted by molar-refractivity contribution is 0.912. The van der Waals surface area contributed by atoms with E-state index in [-0.39, 0.29) is 18.4 Å². The topological polar surface area (TPSA) is 26.0 Å². The molecular weight excluding hydrogens is 170 g/mol. The summed E-state index contributed by atoms with van der Waals surface area (Å²) < 4.78 is 0. The minimum atomic E-state index is -0.0325. The van der Waals surface area contributed by atoms with Gasteiger partial charge in [0.25, 0.3) is 0 Å². The van der Waals surface area contributed by atoms with E-state index >= 15 is 0 Å². The van der Waals surface area contributed by atoms with Crippen LogP contribution in [0.1, 0.15) is 17.2 Å². The third-order valence-electron chi connectivity index (χ3n) is 1.68. The Labute approximate surface area is 79.7 Å². The summed E-state index contributed by atoms with van der Waals surface area (Å²) in [5.74, 6) is 0. The third kappa shape index (κ3) is 2.68. The Kier molecular flexibility index (Phi) is 4.64. The zero-order valence-electron chi connectivity index (χ0n) is 7.16. The van der Waals surface area contributed by atoms with Crippen LogP contribution in [0, 0.1) is 6.92 Å². The van der Waals surface area contributed by atoms with E-state index in [1.54, 1.807) is 6.08 Å². The van der Waals surface area contributed by atoms with Crippen molar-refractivity contribution in [2.75, 3.05) is 0 Å². The number of rotatable bonds is 2. The molecule has 1 rings (SSSR count). The highest BCUT2D eigenvalue weighted by atomic mass is 35.5. The van der Waals surface area contributed by atoms with E-state index in [0.717, 1.165) is 5.56 Å². The van der Waals surface area contributed by atoms with Crippen molar-refractivity contribution in [1.82, 2.24) is 0 Å². The molecule has 1 aromatic rings. The Balaban J connectivity index is 0.00000121. The van der Waals surface area contributed by atoms with Crippen LogP contribution in [-0.4, -0.2) is 0 Å². The van der Waals surface area contributed by atoms with E-state index in [1.165, 1.54) is 5.56 Å². The molecule has 0 heterocycles. The van der Waals surface area contributed by atoms with E-state index in [1.807, 2.05) is 12.1 Å². The SMILES string of the molecule is C=C[C@@H](N)c1cccc(C)c1.Cl. The number of benzene rings is 1. The molecule has 0 aliphatic carbocycles. The Morgan fingerprint density at radius 3 is 2.67 bits per heavy atom. The van der Waals surface area contributed by atoms with Gasteiger partial charge in [-0.3, -0.25) is 0 Å². The standard InChI is InChI=1S/C10H13N.ClH/c1-3-10(11)9-6-4-5-8(2)7-9;/h3-7,10H,1,11H2,2H3;1H/t10-;/m1./s1. The van der Waals surface area contributed by atoms with Crippen molar-refractivity contribution in [3.05, 3.63) is 48.0 Å². The molecule has 66 valence electrons. The smallest absolute Gasteiger partial charge is 0.0478 e. The monoisotopic (exact) mass is 183 g/mol. The predicted molar refractivity (Wildman–Crippen MR) is 55.6 cm³/mol. The second kappa shape index (κ2) is 4.96. The molecule has 1 atom stereocenters. The van der Waals surface area contributed by atoms with Gasteiger partial charge in [0.2, 0.25) is 0 Å². The molecule has 1 nitrogen and oxygen atoms in total. The normalized spacial score (nSPS) is 11.5. The molecule has 0 spiro atoms. The largest absolute Gasteiger partial charge is 0.321 e. The van der Waals surface area contributed by atoms with Crippen LogP contribution in [0.15, 0.2) is 36.9 Å². The predicted octanol–water partition coefficient (Wildman–Crippen LogP) is 2.60. The highest BCUT2D eigenvalue weighted by Crippen LogP contribution is 2.11. The van der Waals surface area contributed by atoms with Crippen LogP contribution in [0.5, 0.6) is 0 Å². The van der Waals surface area contributed by atoms with E-state index in [0.29, 0.717) is 0 Å². The molecule has 0 saturated heterocycles. The van der Waals surface area contributed by atoms with Crippen LogP contribution in [0.25, 0.3) is 0 Å². The quantitative estimate of drug-likeness (QED) is 0.701. The maximum absolute atomic E-state index is 5.75. The molecule has 1 aromatic carbocycles. The summed E-state index contributed by atoms with van der Waals surface area (Å²) in [7, 11) is 0. The Morgan fingerprint density at radius 2 is 2.17 bits per heavy atom. The molecule has 0 amide bonds. The van der Waals surface area contributed by atoms with Crippen molar-refractivity contribution in [1.29, 1.82) is 0 Å². The van der Waals surface area contributed by atoms with Gasteiger partial charge in [-0.15, -0.1) is 19.0 Å². The van der Waals surface area contributed by atoms with Crippen molar-refractivity contribution in [2.45, 2.75) is 13.0 Å². The molecule has 0 bridgehead atoms. The van der Waals surface area contributed by atoms with Crippen LogP contribution < -0.4 is 5.73 Å². The maximum atomic E-state index is 5.75. The van der Waals surface area contributed by atoms with Gasteiger partial charge < -0.3 is 5.73 Å². The van der Waals surface area contributed by atoms with E-state index in [4.69, 9.17) is 5.73 Å². The molecule has 0 aliphatic rings. The summed E-state index contributed by atoms with van der Waals surface area (Å²) in [6.07, 6.45) is 1.74. The average molecular weight is 184 g/mol. The van der Waals surface area contributed by atoms with Crippen LogP contribution in [0.2, 0.25) is 0 Å². The van der Waals surface area contributed by atoms with Gasteiger partial charge in [-0.25, -0.2) is 0 Å². The third-order valence-corrected chi connectivity index (χ3v) is 1.68. The summed E-state index contributed by atoms with van der Waals surface area (Å²) in [5.41, 5.74) is 8.11. The molecular formula is C10H14ClN. The van der Waals surface area contributed by atoms with Gasteiger partial charge in [0.15, 0.2) is 0 Å². The van der Waals surface area contributed by atoms with Gasteiger partial charge in [0.05, 0.1) is 0 Å². The lowest BCUT2D eigenvalue weighted by Gasteiger charge is -2.06. The summed E-state index contributed by atoms with van der Waals surface area (Å²) in [6.45, 7) is 5.70. The highest BCUT2D eigenvalue weighted by molar-refractivity contribution is 5.85. The first kappa shape index (κ1) is 11.2. The van der Waals surface area contributed by atoms with Gasteiger partial charge in [-0.2, -0.15) is 0 Å². The number of hydrogen-bond acceptors (Lipinski definition) is 1. The molecule has 2 N–H and O–H groups in total. The van der Waals surface area contributed by atoms with Gasteiger partial charge in [-0.1, -0.05) is 35.9 Å². The van der Waals surface area contributed by atoms with Crippen LogP contribution >= 0.6 is 12.4 Å². The number of hydrogen-bond donors (Lipinski definition) is 1. The van der Waals surface area contributed by atoms with Crippen LogP contribution in [-0.2, 0) is 0 Å². The van der Waals surface area contributed by atoms with Gasteiger partial charge in [0, 0.05) is 6.04 Å². The molecule has 0 fully saturated rings. The Hall–Kier alpha value is -0.790. The molecule has 0 aromatic heterocycles. The molecule has 0 aliphatic heterocycles. The fraction of sp³-hybridized carbons (Fsp3) is 0.200. The van der Waals surface area contributed by atoms with E-state index in [9.17, 15) is 0 Å². The first-order valence-corrected chi connectivity index (χ1v) is 3.68. The highest BCUT2D eigenvalue weighted by Gasteiger charge is 1.98. The summed E-state index contributed by atoms with van der Waals surface area (Å²) in [4.78, 5) is 0. The Morgan fingerprint density at radius 1 is 1.50 bits per heavy atom. The summed E-state index contributed by atoms with van der Waals surface area (Å²) in [5, 5.41) is 0. The molecule has 0 saturated carbocycles. The maximum Gasteiger partial charge on any atom is 0.0478 e. The zero-order chi connectivity index (χ0) is 8.27. The number of nitrogens with two attached hydrogens (primary N) is 1. The minimum absolute atomic E-state index is 0. The summed E-state index contributed by atoms with van der Waals surface area (Å²) >= 11 is 0. The molecule has 0 unspecified atom stereocenters. The van der Waals surface area contributed by atoms with E-state index < -0.39 is 0 Å². The van der Waals surface area contributed by atoms with Gasteiger partial charge in [-0.05, 0) is 12.5 Å². The lowest BCUT2D eigenvalue weighted by atomic mass is 10.1. The fourth-order valence-corrected chi connectivity index (χ4v) is 1.01. The number of halogens is 1. The molecule has 2 heteroatoms. The van der Waals surface area contributed by atoms with Crippen LogP contribution in [0.3, 0.4) is 0 Å². The van der Waals surface area contributed by atoms with Crippen molar-refractivity contribution < 1.29 is 0 Å². The van der Waals surface area contributed by atoms with Gasteiger partial charge >= 0.3 is 0 Å². The first-order valence-electron chi connectivity index (χ1n) is 3.68. The second-order valence-electron chi connectivity index (χ2n) is 2.68. The van der Waals surface area contributed by atoms with Crippen molar-refractivity contribution in [3.63, 3.8) is 0 Å². The van der Waals surface area contributed by atoms with Crippen molar-refractivity contribution in [2.24, 2.45) is 5.73 Å². The van der Waals surface area contributed by atoms with Gasteiger partial charge in [0.1, 0.15) is 0 Å². The Bertz CT molecular complexity index is 258. The fourth-order valence-electron chi connectivity index (χ4n) is 1.01. The number of aryl methyl sites for hydroxylation is 1. The average Bonchev–Trinajstić information content (AvgIpc) is 2.03. The zero-order valence-corrected chi connectivity index (χ0v) is 7.97. The molecule has 0 radical (unpaired) electrons. The van der Waals surface area contributed by atoms with Crippen molar-refractivity contribution in [3.8, 4) is 0 Å². The van der Waals surface area contributed by atoms with Crippen LogP contribution in [0.4, 0.5) is 0 Å². The van der Waals surface area contributed by atoms with Crippen molar-refractivity contribution >= 4 is 12.4 Å². The lowest BCUT2D eigenvalue weighted by Crippen LogP contribution is -2.06. The first-order chi connectivity index (χ1) is 5.24. The minimum Gasteiger partial charge on any atom is -0.321 e.